The van der Waals surface area contributed by atoms with Crippen LogP contribution < -0.4 is 5.32 Å². The fourth-order valence-corrected chi connectivity index (χ4v) is 4.60. The Kier molecular flexibility index (Phi) is 5.64. The molecule has 2 unspecified atom stereocenters. The summed E-state index contributed by atoms with van der Waals surface area (Å²) in [5, 5.41) is 3.52. The molecule has 20 heavy (non-hydrogen) atoms. The highest BCUT2D eigenvalue weighted by Gasteiger charge is 2.28. The van der Waals surface area contributed by atoms with Gasteiger partial charge in [0.15, 0.2) is 0 Å². The van der Waals surface area contributed by atoms with Crippen LogP contribution in [0.1, 0.15) is 49.6 Å². The number of aryl methyl sites for hydroxylation is 1. The summed E-state index contributed by atoms with van der Waals surface area (Å²) in [6, 6.07) is 2.25. The van der Waals surface area contributed by atoms with Crippen LogP contribution in [0, 0.1) is 5.92 Å². The molecule has 0 radical (unpaired) electrons. The van der Waals surface area contributed by atoms with Crippen molar-refractivity contribution in [2.45, 2.75) is 51.6 Å². The number of methoxy groups -OCH3 is 1. The number of ether oxygens (including phenoxy) is 1. The molecule has 1 aliphatic rings. The predicted molar refractivity (Wildman–Crippen MR) is 86.1 cm³/mol. The maximum atomic E-state index is 11.9. The lowest BCUT2D eigenvalue weighted by Gasteiger charge is -2.28. The number of carbonyl (C=O) groups is 1. The first kappa shape index (κ1) is 16.0. The van der Waals surface area contributed by atoms with E-state index in [1.807, 2.05) is 11.3 Å². The largest absolute Gasteiger partial charge is 0.468 e. The van der Waals surface area contributed by atoms with E-state index in [1.54, 1.807) is 0 Å². The molecule has 0 spiro atoms. The maximum Gasteiger partial charge on any atom is 0.322 e. The Balaban J connectivity index is 2.12. The third-order valence-corrected chi connectivity index (χ3v) is 5.39. The van der Waals surface area contributed by atoms with Crippen molar-refractivity contribution in [1.82, 2.24) is 5.32 Å². The molecule has 1 N–H and O–H groups in total. The summed E-state index contributed by atoms with van der Waals surface area (Å²) in [5.74, 6) is 0.309. The molecule has 0 saturated heterocycles. The van der Waals surface area contributed by atoms with Crippen LogP contribution in [0.2, 0.25) is 0 Å². The first-order chi connectivity index (χ1) is 9.51. The zero-order chi connectivity index (χ0) is 14.7. The van der Waals surface area contributed by atoms with Crippen LogP contribution in [0.25, 0.3) is 0 Å². The van der Waals surface area contributed by atoms with Gasteiger partial charge in [-0.15, -0.1) is 11.3 Å². The van der Waals surface area contributed by atoms with Crippen molar-refractivity contribution in [3.63, 3.8) is 0 Å². The Hall–Kier alpha value is -0.390. The highest BCUT2D eigenvalue weighted by atomic mass is 79.9. The smallest absolute Gasteiger partial charge is 0.322 e. The summed E-state index contributed by atoms with van der Waals surface area (Å²) in [4.78, 5) is 13.4. The summed E-state index contributed by atoms with van der Waals surface area (Å²) >= 11 is 5.38. The molecule has 0 saturated carbocycles. The zero-order valence-corrected chi connectivity index (χ0v) is 14.6. The summed E-state index contributed by atoms with van der Waals surface area (Å²) in [5.41, 5.74) is 1.35. The van der Waals surface area contributed by atoms with Gasteiger partial charge in [0.25, 0.3) is 0 Å². The van der Waals surface area contributed by atoms with E-state index in [2.05, 4.69) is 41.2 Å². The number of esters is 1. The van der Waals surface area contributed by atoms with Crippen molar-refractivity contribution in [2.24, 2.45) is 5.92 Å². The van der Waals surface area contributed by atoms with Gasteiger partial charge in [-0.25, -0.2) is 0 Å². The van der Waals surface area contributed by atoms with E-state index in [0.29, 0.717) is 5.92 Å². The van der Waals surface area contributed by atoms with Crippen molar-refractivity contribution in [2.75, 3.05) is 7.11 Å². The van der Waals surface area contributed by atoms with Gasteiger partial charge in [0.05, 0.1) is 10.9 Å². The molecule has 2 atom stereocenters. The third-order valence-electron chi connectivity index (χ3n) is 3.68. The van der Waals surface area contributed by atoms with Crippen molar-refractivity contribution >= 4 is 33.2 Å². The van der Waals surface area contributed by atoms with Gasteiger partial charge in [-0.05, 0) is 59.2 Å². The van der Waals surface area contributed by atoms with Gasteiger partial charge in [-0.3, -0.25) is 10.1 Å². The van der Waals surface area contributed by atoms with Crippen LogP contribution in [0.15, 0.2) is 9.85 Å². The molecule has 3 nitrogen and oxygen atoms in total. The fraction of sp³-hybridized carbons (Fsp3) is 0.667. The standard InChI is InChI=1S/C15H22BrNO2S/c1-9(2)7-12(15(18)19-3)17-11-5-4-6-13-10(11)8-14(16)20-13/h8-9,11-12,17H,4-7H2,1-3H3. The predicted octanol–water partition coefficient (Wildman–Crippen LogP) is 4.07. The molecular weight excluding hydrogens is 338 g/mol. The third kappa shape index (κ3) is 3.83. The first-order valence-electron chi connectivity index (χ1n) is 7.13. The van der Waals surface area contributed by atoms with E-state index in [4.69, 9.17) is 4.74 Å². The number of hydrogen-bond acceptors (Lipinski definition) is 4. The van der Waals surface area contributed by atoms with Gasteiger partial charge in [0, 0.05) is 10.9 Å². The highest BCUT2D eigenvalue weighted by Crippen LogP contribution is 2.38. The topological polar surface area (TPSA) is 38.3 Å². The van der Waals surface area contributed by atoms with Crippen molar-refractivity contribution in [3.05, 3.63) is 20.3 Å². The summed E-state index contributed by atoms with van der Waals surface area (Å²) < 4.78 is 6.12. The lowest BCUT2D eigenvalue weighted by molar-refractivity contribution is -0.143. The van der Waals surface area contributed by atoms with Crippen molar-refractivity contribution < 1.29 is 9.53 Å². The molecule has 1 aromatic heterocycles. The zero-order valence-electron chi connectivity index (χ0n) is 12.2. The minimum Gasteiger partial charge on any atom is -0.468 e. The molecule has 112 valence electrons. The fourth-order valence-electron chi connectivity index (χ4n) is 2.78. The molecule has 5 heteroatoms. The quantitative estimate of drug-likeness (QED) is 0.805. The van der Waals surface area contributed by atoms with E-state index >= 15 is 0 Å². The number of rotatable bonds is 5. The Labute approximate surface area is 133 Å². The van der Waals surface area contributed by atoms with Crippen molar-refractivity contribution in [3.8, 4) is 0 Å². The second-order valence-electron chi connectivity index (χ2n) is 5.75. The summed E-state index contributed by atoms with van der Waals surface area (Å²) in [6.45, 7) is 4.26. The normalized spacial score (nSPS) is 19.8. The average Bonchev–Trinajstić information content (AvgIpc) is 2.78. The van der Waals surface area contributed by atoms with E-state index in [0.717, 1.165) is 19.3 Å². The highest BCUT2D eigenvalue weighted by molar-refractivity contribution is 9.11. The van der Waals surface area contributed by atoms with Crippen LogP contribution in [-0.2, 0) is 16.0 Å². The average molecular weight is 360 g/mol. The van der Waals surface area contributed by atoms with Crippen LogP contribution in [0.3, 0.4) is 0 Å². The monoisotopic (exact) mass is 359 g/mol. The van der Waals surface area contributed by atoms with Crippen molar-refractivity contribution in [1.29, 1.82) is 0 Å². The minimum atomic E-state index is -0.213. The van der Waals surface area contributed by atoms with E-state index < -0.39 is 0 Å². The second kappa shape index (κ2) is 7.05. The van der Waals surface area contributed by atoms with Gasteiger partial charge >= 0.3 is 5.97 Å². The molecule has 0 fully saturated rings. The molecule has 0 aliphatic heterocycles. The van der Waals surface area contributed by atoms with E-state index in [1.165, 1.54) is 27.8 Å². The van der Waals surface area contributed by atoms with Crippen LogP contribution >= 0.6 is 27.3 Å². The van der Waals surface area contributed by atoms with Gasteiger partial charge in [0.1, 0.15) is 6.04 Å². The number of hydrogen-bond donors (Lipinski definition) is 1. The molecule has 0 amide bonds. The second-order valence-corrected chi connectivity index (χ2v) is 8.26. The molecule has 0 aromatic carbocycles. The summed E-state index contributed by atoms with van der Waals surface area (Å²) in [6.07, 6.45) is 4.22. The molecule has 2 rings (SSSR count). The van der Waals surface area contributed by atoms with Crippen LogP contribution in [0.5, 0.6) is 0 Å². The van der Waals surface area contributed by atoms with Gasteiger partial charge < -0.3 is 4.74 Å². The first-order valence-corrected chi connectivity index (χ1v) is 8.74. The Bertz CT molecular complexity index is 472. The number of carbonyl (C=O) groups excluding carboxylic acids is 1. The van der Waals surface area contributed by atoms with E-state index in [9.17, 15) is 4.79 Å². The van der Waals surface area contributed by atoms with Gasteiger partial charge in [0.2, 0.25) is 0 Å². The number of thiophene rings is 1. The molecular formula is C15H22BrNO2S. The number of nitrogens with one attached hydrogen (secondary N) is 1. The Morgan fingerprint density at radius 1 is 1.60 bits per heavy atom. The van der Waals surface area contributed by atoms with Crippen LogP contribution in [-0.4, -0.2) is 19.1 Å². The van der Waals surface area contributed by atoms with E-state index in [-0.39, 0.29) is 18.1 Å². The van der Waals surface area contributed by atoms with Gasteiger partial charge in [-0.2, -0.15) is 0 Å². The lowest BCUT2D eigenvalue weighted by atomic mass is 9.92. The maximum absolute atomic E-state index is 11.9. The molecule has 1 aliphatic carbocycles. The Morgan fingerprint density at radius 2 is 2.35 bits per heavy atom. The van der Waals surface area contributed by atoms with Gasteiger partial charge in [-0.1, -0.05) is 13.8 Å². The number of halogens is 1. The lowest BCUT2D eigenvalue weighted by Crippen LogP contribution is -2.41. The Morgan fingerprint density at radius 3 is 3.00 bits per heavy atom. The molecule has 1 heterocycles. The molecule has 1 aromatic rings. The SMILES string of the molecule is COC(=O)C(CC(C)C)NC1CCCc2sc(Br)cc21. The number of fused-ring (bicyclic) bond motifs is 1. The van der Waals surface area contributed by atoms with Crippen LogP contribution in [0.4, 0.5) is 0 Å². The summed E-state index contributed by atoms with van der Waals surface area (Å²) in [7, 11) is 1.46. The minimum absolute atomic E-state index is 0.153. The molecule has 0 bridgehead atoms.